The molecule has 0 saturated carbocycles. The lowest BCUT2D eigenvalue weighted by atomic mass is 10.2. The van der Waals surface area contributed by atoms with Gasteiger partial charge in [0.25, 0.3) is 0 Å². The van der Waals surface area contributed by atoms with E-state index in [0.717, 1.165) is 0 Å². The third kappa shape index (κ3) is 4.31. The molecule has 0 bridgehead atoms. The molecule has 5 nitrogen and oxygen atoms in total. The highest BCUT2D eigenvalue weighted by atomic mass is 19.1. The van der Waals surface area contributed by atoms with Crippen molar-refractivity contribution in [3.8, 4) is 0 Å². The molecule has 1 heterocycles. The average molecular weight is 305 g/mol. The summed E-state index contributed by atoms with van der Waals surface area (Å²) < 4.78 is 13.1. The molecule has 3 amide bonds. The summed E-state index contributed by atoms with van der Waals surface area (Å²) in [5, 5.41) is 2.75. The first-order chi connectivity index (χ1) is 10.6. The van der Waals surface area contributed by atoms with Crippen LogP contribution >= 0.6 is 0 Å². The second-order valence-corrected chi connectivity index (χ2v) is 5.04. The van der Waals surface area contributed by atoms with Crippen LogP contribution < -0.4 is 5.32 Å². The Morgan fingerprint density at radius 3 is 2.55 bits per heavy atom. The highest BCUT2D eigenvalue weighted by Crippen LogP contribution is 2.07. The summed E-state index contributed by atoms with van der Waals surface area (Å²) in [4.78, 5) is 27.1. The molecular formula is C16H20FN3O2. The third-order valence-corrected chi connectivity index (χ3v) is 3.47. The molecule has 6 heteroatoms. The summed E-state index contributed by atoms with van der Waals surface area (Å²) in [5.41, 5.74) is 0.648. The van der Waals surface area contributed by atoms with Crippen LogP contribution in [0.15, 0.2) is 30.3 Å². The van der Waals surface area contributed by atoms with E-state index in [0.29, 0.717) is 38.3 Å². The van der Waals surface area contributed by atoms with E-state index in [1.54, 1.807) is 28.0 Å². The van der Waals surface area contributed by atoms with Crippen molar-refractivity contribution in [1.82, 2.24) is 15.1 Å². The predicted octanol–water partition coefficient (Wildman–Crippen LogP) is 1.71. The second kappa shape index (κ2) is 7.59. The van der Waals surface area contributed by atoms with E-state index in [1.807, 2.05) is 6.92 Å². The monoisotopic (exact) mass is 305 g/mol. The van der Waals surface area contributed by atoms with Gasteiger partial charge in [0, 0.05) is 38.8 Å². The normalized spacial score (nSPS) is 15.2. The highest BCUT2D eigenvalue weighted by Gasteiger charge is 2.22. The molecule has 0 radical (unpaired) electrons. The van der Waals surface area contributed by atoms with E-state index >= 15 is 0 Å². The molecule has 0 aromatic heterocycles. The zero-order valence-electron chi connectivity index (χ0n) is 12.6. The zero-order chi connectivity index (χ0) is 15.9. The first-order valence-corrected chi connectivity index (χ1v) is 7.35. The number of hydrogen-bond donors (Lipinski definition) is 1. The number of benzene rings is 1. The Morgan fingerprint density at radius 2 is 1.91 bits per heavy atom. The molecule has 0 atom stereocenters. The Balaban J connectivity index is 1.86. The summed E-state index contributed by atoms with van der Waals surface area (Å²) in [6.07, 6.45) is 3.04. The molecule has 118 valence electrons. The summed E-state index contributed by atoms with van der Waals surface area (Å²) in [6.45, 7) is 4.51. The van der Waals surface area contributed by atoms with Gasteiger partial charge in [0.15, 0.2) is 0 Å². The number of carbonyl (C=O) groups excluding carboxylic acids is 2. The van der Waals surface area contributed by atoms with Gasteiger partial charge in [-0.1, -0.05) is 12.1 Å². The van der Waals surface area contributed by atoms with Gasteiger partial charge in [-0.3, -0.25) is 4.79 Å². The molecule has 0 unspecified atom stereocenters. The Hall–Kier alpha value is -2.37. The lowest BCUT2D eigenvalue weighted by Gasteiger charge is -2.34. The minimum Gasteiger partial charge on any atom is -0.338 e. The molecule has 0 spiro atoms. The third-order valence-electron chi connectivity index (χ3n) is 3.47. The number of rotatable bonds is 3. The first kappa shape index (κ1) is 16.0. The van der Waals surface area contributed by atoms with Gasteiger partial charge in [-0.05, 0) is 30.7 Å². The van der Waals surface area contributed by atoms with Gasteiger partial charge in [-0.2, -0.15) is 0 Å². The lowest BCUT2D eigenvalue weighted by Crippen LogP contribution is -2.52. The summed E-state index contributed by atoms with van der Waals surface area (Å²) in [5.74, 6) is -0.454. The van der Waals surface area contributed by atoms with Crippen LogP contribution in [0.25, 0.3) is 6.08 Å². The number of hydrogen-bond acceptors (Lipinski definition) is 2. The van der Waals surface area contributed by atoms with Crippen molar-refractivity contribution in [2.75, 3.05) is 32.7 Å². The molecule has 22 heavy (non-hydrogen) atoms. The van der Waals surface area contributed by atoms with Crippen LogP contribution in [-0.4, -0.2) is 54.5 Å². The van der Waals surface area contributed by atoms with Crippen LogP contribution in [0.5, 0.6) is 0 Å². The van der Waals surface area contributed by atoms with Crippen molar-refractivity contribution in [2.45, 2.75) is 6.92 Å². The van der Waals surface area contributed by atoms with Crippen LogP contribution in [0.4, 0.5) is 9.18 Å². The van der Waals surface area contributed by atoms with Crippen molar-refractivity contribution < 1.29 is 14.0 Å². The van der Waals surface area contributed by atoms with Gasteiger partial charge < -0.3 is 15.1 Å². The molecular weight excluding hydrogens is 285 g/mol. The molecule has 1 aromatic rings. The van der Waals surface area contributed by atoms with Gasteiger partial charge in [-0.25, -0.2) is 9.18 Å². The Bertz CT molecular complexity index is 566. The fraction of sp³-hybridized carbons (Fsp3) is 0.375. The van der Waals surface area contributed by atoms with E-state index in [4.69, 9.17) is 0 Å². The molecule has 1 aromatic carbocycles. The lowest BCUT2D eigenvalue weighted by molar-refractivity contribution is -0.127. The molecule has 1 N–H and O–H groups in total. The standard InChI is InChI=1S/C16H20FN3O2/c1-2-18-16(22)20-10-8-19(9-11-20)15(21)7-6-13-4-3-5-14(17)12-13/h3-7,12H,2,8-11H2,1H3,(H,18,22)/b7-6+. The van der Waals surface area contributed by atoms with Crippen molar-refractivity contribution >= 4 is 18.0 Å². The number of nitrogens with zero attached hydrogens (tertiary/aromatic N) is 2. The van der Waals surface area contributed by atoms with Crippen LogP contribution in [0.1, 0.15) is 12.5 Å². The number of urea groups is 1. The van der Waals surface area contributed by atoms with Crippen molar-refractivity contribution in [1.29, 1.82) is 0 Å². The van der Waals surface area contributed by atoms with Gasteiger partial charge in [0.05, 0.1) is 0 Å². The summed E-state index contributed by atoms with van der Waals surface area (Å²) in [7, 11) is 0. The molecule has 1 aliphatic heterocycles. The fourth-order valence-corrected chi connectivity index (χ4v) is 2.28. The van der Waals surface area contributed by atoms with Crippen LogP contribution in [0.3, 0.4) is 0 Å². The first-order valence-electron chi connectivity index (χ1n) is 7.35. The van der Waals surface area contributed by atoms with E-state index in [9.17, 15) is 14.0 Å². The topological polar surface area (TPSA) is 52.7 Å². The van der Waals surface area contributed by atoms with E-state index in [1.165, 1.54) is 18.2 Å². The molecule has 1 fully saturated rings. The van der Waals surface area contributed by atoms with Gasteiger partial charge in [-0.15, -0.1) is 0 Å². The second-order valence-electron chi connectivity index (χ2n) is 5.04. The van der Waals surface area contributed by atoms with Crippen molar-refractivity contribution in [3.05, 3.63) is 41.7 Å². The van der Waals surface area contributed by atoms with Crippen molar-refractivity contribution in [3.63, 3.8) is 0 Å². The van der Waals surface area contributed by atoms with Crippen molar-refractivity contribution in [2.24, 2.45) is 0 Å². The van der Waals surface area contributed by atoms with Gasteiger partial charge >= 0.3 is 6.03 Å². The number of carbonyl (C=O) groups is 2. The van der Waals surface area contributed by atoms with E-state index < -0.39 is 0 Å². The van der Waals surface area contributed by atoms with Crippen LogP contribution in [0, 0.1) is 5.82 Å². The zero-order valence-corrected chi connectivity index (χ0v) is 12.6. The van der Waals surface area contributed by atoms with E-state index in [2.05, 4.69) is 5.32 Å². The Kier molecular flexibility index (Phi) is 5.52. The summed E-state index contributed by atoms with van der Waals surface area (Å²) >= 11 is 0. The average Bonchev–Trinajstić information content (AvgIpc) is 2.53. The van der Waals surface area contributed by atoms with Gasteiger partial charge in [0.1, 0.15) is 5.82 Å². The number of nitrogens with one attached hydrogen (secondary N) is 1. The van der Waals surface area contributed by atoms with Gasteiger partial charge in [0.2, 0.25) is 5.91 Å². The number of amides is 3. The minimum atomic E-state index is -0.329. The molecule has 2 rings (SSSR count). The largest absolute Gasteiger partial charge is 0.338 e. The maximum atomic E-state index is 13.1. The smallest absolute Gasteiger partial charge is 0.317 e. The predicted molar refractivity (Wildman–Crippen MR) is 82.7 cm³/mol. The number of piperazine rings is 1. The maximum Gasteiger partial charge on any atom is 0.317 e. The van der Waals surface area contributed by atoms with Crippen LogP contribution in [0.2, 0.25) is 0 Å². The Labute approximate surface area is 129 Å². The Morgan fingerprint density at radius 1 is 1.23 bits per heavy atom. The minimum absolute atomic E-state index is 0.0927. The highest BCUT2D eigenvalue weighted by molar-refractivity contribution is 5.92. The molecule has 1 aliphatic rings. The number of halogens is 1. The van der Waals surface area contributed by atoms with Crippen LogP contribution in [-0.2, 0) is 4.79 Å². The molecule has 1 saturated heterocycles. The molecule has 0 aliphatic carbocycles. The fourth-order valence-electron chi connectivity index (χ4n) is 2.28. The SMILES string of the molecule is CCNC(=O)N1CCN(C(=O)/C=C/c2cccc(F)c2)CC1. The van der Waals surface area contributed by atoms with E-state index in [-0.39, 0.29) is 17.8 Å². The summed E-state index contributed by atoms with van der Waals surface area (Å²) in [6, 6.07) is 5.98. The quantitative estimate of drug-likeness (QED) is 0.864. The maximum absolute atomic E-state index is 13.1.